The molecule has 1 aromatic rings. The average Bonchev–Trinajstić information content (AvgIpc) is 2.86. The summed E-state index contributed by atoms with van der Waals surface area (Å²) >= 11 is 5.38. The lowest BCUT2D eigenvalue weighted by Gasteiger charge is -2.22. The number of aromatic nitrogens is 1. The molecule has 2 rings (SSSR count). The van der Waals surface area contributed by atoms with Crippen molar-refractivity contribution < 1.29 is 0 Å². The van der Waals surface area contributed by atoms with Gasteiger partial charge in [0.1, 0.15) is 0 Å². The molecular formula is C12H16BrN3S. The fourth-order valence-electron chi connectivity index (χ4n) is 1.66. The highest BCUT2D eigenvalue weighted by Crippen LogP contribution is 2.25. The molecule has 0 amide bonds. The molecule has 3 nitrogen and oxygen atoms in total. The maximum absolute atomic E-state index is 4.60. The van der Waals surface area contributed by atoms with E-state index in [9.17, 15) is 0 Å². The van der Waals surface area contributed by atoms with Crippen LogP contribution in [0.4, 0.5) is 0 Å². The Morgan fingerprint density at radius 1 is 1.53 bits per heavy atom. The first-order valence-electron chi connectivity index (χ1n) is 5.75. The number of hydrogen-bond donors (Lipinski definition) is 0. The zero-order chi connectivity index (χ0) is 12.1. The minimum atomic E-state index is 0.586. The smallest absolute Gasteiger partial charge is 0.159 e. The third-order valence-electron chi connectivity index (χ3n) is 2.61. The van der Waals surface area contributed by atoms with Crippen LogP contribution in [-0.2, 0) is 6.54 Å². The minimum Gasteiger partial charge on any atom is -0.346 e. The Morgan fingerprint density at radius 3 is 3.00 bits per heavy atom. The summed E-state index contributed by atoms with van der Waals surface area (Å²) in [6.07, 6.45) is 1.84. The van der Waals surface area contributed by atoms with E-state index >= 15 is 0 Å². The van der Waals surface area contributed by atoms with Crippen molar-refractivity contribution in [3.63, 3.8) is 0 Å². The molecule has 2 heterocycles. The van der Waals surface area contributed by atoms with Crippen molar-refractivity contribution in [3.8, 4) is 0 Å². The van der Waals surface area contributed by atoms with Gasteiger partial charge in [-0.1, -0.05) is 33.8 Å². The van der Waals surface area contributed by atoms with Crippen molar-refractivity contribution in [2.24, 2.45) is 4.99 Å². The van der Waals surface area contributed by atoms with Gasteiger partial charge >= 0.3 is 0 Å². The van der Waals surface area contributed by atoms with Crippen LogP contribution in [0, 0.1) is 0 Å². The molecule has 0 aromatic carbocycles. The highest BCUT2D eigenvalue weighted by Gasteiger charge is 2.22. The van der Waals surface area contributed by atoms with Crippen molar-refractivity contribution in [2.75, 3.05) is 18.4 Å². The second-order valence-electron chi connectivity index (χ2n) is 3.85. The van der Waals surface area contributed by atoms with Crippen LogP contribution in [0.15, 0.2) is 29.4 Å². The standard InChI is InChI=1S/C12H16BrN3S/c1-2-16(9-10-5-3-4-6-14-10)12-15-8-11(7-13)17-12/h3-6,11H,2,7-9H2,1H3. The van der Waals surface area contributed by atoms with Crippen LogP contribution in [0.3, 0.4) is 0 Å². The number of pyridine rings is 1. The summed E-state index contributed by atoms with van der Waals surface area (Å²) in [5.41, 5.74) is 1.10. The first kappa shape index (κ1) is 12.9. The van der Waals surface area contributed by atoms with Crippen LogP contribution in [0.25, 0.3) is 0 Å². The number of alkyl halides is 1. The Morgan fingerprint density at radius 2 is 2.41 bits per heavy atom. The number of hydrogen-bond acceptors (Lipinski definition) is 4. The van der Waals surface area contributed by atoms with Crippen molar-refractivity contribution >= 4 is 32.9 Å². The fourth-order valence-corrected chi connectivity index (χ4v) is 3.26. The molecule has 92 valence electrons. The molecule has 0 N–H and O–H groups in total. The van der Waals surface area contributed by atoms with Gasteiger partial charge in [-0.25, -0.2) is 0 Å². The van der Waals surface area contributed by atoms with Crippen LogP contribution in [0.2, 0.25) is 0 Å². The third-order valence-corrected chi connectivity index (χ3v) is 5.06. The van der Waals surface area contributed by atoms with Gasteiger partial charge in [0, 0.05) is 23.3 Å². The van der Waals surface area contributed by atoms with Crippen molar-refractivity contribution in [3.05, 3.63) is 30.1 Å². The summed E-state index contributed by atoms with van der Waals surface area (Å²) in [6.45, 7) is 4.90. The molecule has 17 heavy (non-hydrogen) atoms. The summed E-state index contributed by atoms with van der Waals surface area (Å²) in [5, 5.41) is 2.75. The van der Waals surface area contributed by atoms with Gasteiger partial charge in [0.05, 0.1) is 18.8 Å². The molecule has 0 spiro atoms. The normalized spacial score (nSPS) is 19.2. The lowest BCUT2D eigenvalue weighted by Crippen LogP contribution is -2.27. The molecule has 1 unspecified atom stereocenters. The quantitative estimate of drug-likeness (QED) is 0.800. The van der Waals surface area contributed by atoms with Crippen LogP contribution in [0.1, 0.15) is 12.6 Å². The molecule has 5 heteroatoms. The maximum Gasteiger partial charge on any atom is 0.159 e. The summed E-state index contributed by atoms with van der Waals surface area (Å²) in [6, 6.07) is 6.04. The van der Waals surface area contributed by atoms with Gasteiger partial charge in [-0.3, -0.25) is 9.98 Å². The maximum atomic E-state index is 4.60. The van der Waals surface area contributed by atoms with E-state index in [0.717, 1.165) is 35.8 Å². The Bertz CT molecular complexity index is 383. The van der Waals surface area contributed by atoms with Gasteiger partial charge in [-0.2, -0.15) is 0 Å². The molecule has 0 aliphatic carbocycles. The Hall–Kier alpha value is -0.550. The summed E-state index contributed by atoms with van der Waals surface area (Å²) in [4.78, 5) is 11.3. The van der Waals surface area contributed by atoms with E-state index in [2.05, 4.69) is 43.8 Å². The van der Waals surface area contributed by atoms with Crippen LogP contribution < -0.4 is 0 Å². The minimum absolute atomic E-state index is 0.586. The highest BCUT2D eigenvalue weighted by atomic mass is 79.9. The molecular weight excluding hydrogens is 298 g/mol. The third kappa shape index (κ3) is 3.45. The van der Waals surface area contributed by atoms with Crippen molar-refractivity contribution in [2.45, 2.75) is 18.7 Å². The van der Waals surface area contributed by atoms with Crippen molar-refractivity contribution in [1.82, 2.24) is 9.88 Å². The van der Waals surface area contributed by atoms with Crippen LogP contribution in [-0.4, -0.2) is 38.7 Å². The second-order valence-corrected chi connectivity index (χ2v) is 5.77. The number of amidine groups is 1. The van der Waals surface area contributed by atoms with E-state index < -0.39 is 0 Å². The van der Waals surface area contributed by atoms with E-state index in [4.69, 9.17) is 0 Å². The molecule has 0 fully saturated rings. The Balaban J connectivity index is 1.98. The van der Waals surface area contributed by atoms with Gasteiger partial charge in [0.15, 0.2) is 5.17 Å². The number of halogens is 1. The number of rotatable bonds is 4. The summed E-state index contributed by atoms with van der Waals surface area (Å²) in [7, 11) is 0. The monoisotopic (exact) mass is 313 g/mol. The topological polar surface area (TPSA) is 28.5 Å². The number of nitrogens with zero attached hydrogens (tertiary/aromatic N) is 3. The van der Waals surface area contributed by atoms with Crippen LogP contribution in [0.5, 0.6) is 0 Å². The Labute approximate surface area is 115 Å². The second kappa shape index (κ2) is 6.40. The molecule has 0 radical (unpaired) electrons. The molecule has 1 aromatic heterocycles. The average molecular weight is 314 g/mol. The SMILES string of the molecule is CCN(Cc1ccccn1)C1=NCC(CBr)S1. The lowest BCUT2D eigenvalue weighted by atomic mass is 10.3. The zero-order valence-electron chi connectivity index (χ0n) is 9.84. The molecule has 0 saturated carbocycles. The molecule has 0 saturated heterocycles. The number of aliphatic imine (C=N–C) groups is 1. The van der Waals surface area contributed by atoms with E-state index in [1.165, 1.54) is 0 Å². The van der Waals surface area contributed by atoms with Crippen molar-refractivity contribution in [1.29, 1.82) is 0 Å². The van der Waals surface area contributed by atoms with Gasteiger partial charge in [-0.15, -0.1) is 0 Å². The first-order chi connectivity index (χ1) is 8.33. The fraction of sp³-hybridized carbons (Fsp3) is 0.500. The van der Waals surface area contributed by atoms with E-state index in [1.54, 1.807) is 0 Å². The van der Waals surface area contributed by atoms with Gasteiger partial charge < -0.3 is 4.90 Å². The molecule has 1 aliphatic heterocycles. The predicted molar refractivity (Wildman–Crippen MR) is 77.8 cm³/mol. The Kier molecular flexibility index (Phi) is 4.86. The molecule has 0 bridgehead atoms. The van der Waals surface area contributed by atoms with Crippen LogP contribution >= 0.6 is 27.7 Å². The van der Waals surface area contributed by atoms with E-state index in [-0.39, 0.29) is 0 Å². The largest absolute Gasteiger partial charge is 0.346 e. The van der Waals surface area contributed by atoms with Gasteiger partial charge in [0.25, 0.3) is 0 Å². The molecule has 1 aliphatic rings. The molecule has 1 atom stereocenters. The van der Waals surface area contributed by atoms with Gasteiger partial charge in [-0.05, 0) is 19.1 Å². The van der Waals surface area contributed by atoms with E-state index in [0.29, 0.717) is 5.25 Å². The predicted octanol–water partition coefficient (Wildman–Crippen LogP) is 2.77. The van der Waals surface area contributed by atoms with Gasteiger partial charge in [0.2, 0.25) is 0 Å². The zero-order valence-corrected chi connectivity index (χ0v) is 12.2. The first-order valence-corrected chi connectivity index (χ1v) is 7.75. The van der Waals surface area contributed by atoms with E-state index in [1.807, 2.05) is 30.1 Å². The highest BCUT2D eigenvalue weighted by molar-refractivity contribution is 9.09. The summed E-state index contributed by atoms with van der Waals surface area (Å²) < 4.78 is 0. The number of thioether (sulfide) groups is 1. The summed E-state index contributed by atoms with van der Waals surface area (Å²) in [5.74, 6) is 0. The lowest BCUT2D eigenvalue weighted by molar-refractivity contribution is 0.437.